The van der Waals surface area contributed by atoms with Crippen molar-refractivity contribution in [2.75, 3.05) is 14.2 Å². The molecule has 0 fully saturated rings. The third kappa shape index (κ3) is 4.27. The van der Waals surface area contributed by atoms with E-state index in [4.69, 9.17) is 9.26 Å². The average Bonchev–Trinajstić information content (AvgIpc) is 3.11. The van der Waals surface area contributed by atoms with E-state index in [2.05, 4.69) is 10.1 Å². The number of hydrogen-bond donors (Lipinski definition) is 0. The summed E-state index contributed by atoms with van der Waals surface area (Å²) in [6, 6.07) is 16.2. The Morgan fingerprint density at radius 3 is 2.42 bits per heavy atom. The molecule has 0 bridgehead atoms. The Labute approximate surface area is 152 Å². The Balaban J connectivity index is 1.69. The molecular weight excluding hydrogens is 354 g/mol. The first-order valence-electron chi connectivity index (χ1n) is 7.93. The summed E-state index contributed by atoms with van der Waals surface area (Å²) in [4.78, 5) is 4.27. The van der Waals surface area contributed by atoms with Crippen LogP contribution in [0.3, 0.4) is 0 Å². The van der Waals surface area contributed by atoms with E-state index >= 15 is 0 Å². The lowest BCUT2D eigenvalue weighted by atomic mass is 10.2. The lowest BCUT2D eigenvalue weighted by molar-refractivity contribution is 0.336. The van der Waals surface area contributed by atoms with Gasteiger partial charge in [-0.1, -0.05) is 35.5 Å². The minimum Gasteiger partial charge on any atom is -0.497 e. The topological polar surface area (TPSA) is 85.5 Å². The smallest absolute Gasteiger partial charge is 0.242 e. The van der Waals surface area contributed by atoms with E-state index < -0.39 is 10.0 Å². The van der Waals surface area contributed by atoms with Gasteiger partial charge in [-0.25, -0.2) is 8.42 Å². The van der Waals surface area contributed by atoms with Gasteiger partial charge in [-0.15, -0.1) is 0 Å². The molecule has 1 aromatic heterocycles. The number of methoxy groups -OCH3 is 1. The molecule has 0 N–H and O–H groups in total. The molecule has 3 aromatic rings. The molecule has 2 aromatic carbocycles. The molecule has 0 saturated carbocycles. The third-order valence-corrected chi connectivity index (χ3v) is 5.62. The molecule has 136 valence electrons. The second kappa shape index (κ2) is 7.67. The Morgan fingerprint density at radius 2 is 1.77 bits per heavy atom. The molecule has 26 heavy (non-hydrogen) atoms. The minimum atomic E-state index is -3.49. The van der Waals surface area contributed by atoms with Crippen molar-refractivity contribution in [1.29, 1.82) is 0 Å². The molecule has 0 spiro atoms. The fourth-order valence-electron chi connectivity index (χ4n) is 2.36. The zero-order valence-electron chi connectivity index (χ0n) is 14.5. The van der Waals surface area contributed by atoms with Crippen LogP contribution >= 0.6 is 0 Å². The van der Waals surface area contributed by atoms with Gasteiger partial charge in [-0.2, -0.15) is 9.29 Å². The van der Waals surface area contributed by atoms with Crippen LogP contribution in [0.2, 0.25) is 0 Å². The maximum Gasteiger partial charge on any atom is 0.242 e. The Kier molecular flexibility index (Phi) is 5.34. The predicted octanol–water partition coefficient (Wildman–Crippen LogP) is 2.71. The highest BCUT2D eigenvalue weighted by Crippen LogP contribution is 2.20. The lowest BCUT2D eigenvalue weighted by Crippen LogP contribution is -2.27. The predicted molar refractivity (Wildman–Crippen MR) is 96.8 cm³/mol. The number of benzene rings is 2. The summed E-state index contributed by atoms with van der Waals surface area (Å²) in [6.07, 6.45) is 0. The molecule has 7 nitrogen and oxygen atoms in total. The summed E-state index contributed by atoms with van der Waals surface area (Å²) < 4.78 is 36.5. The monoisotopic (exact) mass is 373 g/mol. The number of sulfonamides is 1. The number of rotatable bonds is 7. The Hall–Kier alpha value is -2.71. The van der Waals surface area contributed by atoms with Crippen LogP contribution in [-0.2, 0) is 22.3 Å². The van der Waals surface area contributed by atoms with Crippen LogP contribution in [0.5, 0.6) is 5.75 Å². The van der Waals surface area contributed by atoms with Gasteiger partial charge in [-0.3, -0.25) is 0 Å². The van der Waals surface area contributed by atoms with Crippen LogP contribution < -0.4 is 4.74 Å². The Bertz CT molecular complexity index is 954. The first-order chi connectivity index (χ1) is 12.5. The van der Waals surface area contributed by atoms with Gasteiger partial charge in [0.2, 0.25) is 21.7 Å². The van der Waals surface area contributed by atoms with Crippen molar-refractivity contribution in [1.82, 2.24) is 14.4 Å². The van der Waals surface area contributed by atoms with E-state index in [9.17, 15) is 8.42 Å². The van der Waals surface area contributed by atoms with Gasteiger partial charge in [0.25, 0.3) is 0 Å². The molecule has 0 saturated heterocycles. The van der Waals surface area contributed by atoms with Gasteiger partial charge < -0.3 is 9.26 Å². The van der Waals surface area contributed by atoms with Crippen molar-refractivity contribution >= 4 is 10.0 Å². The van der Waals surface area contributed by atoms with E-state index in [1.54, 1.807) is 31.4 Å². The second-order valence-electron chi connectivity index (χ2n) is 5.74. The SMILES string of the molecule is COc1ccc(-c2noc(CN(C)S(=O)(=O)Cc3ccccc3)n2)cc1. The van der Waals surface area contributed by atoms with E-state index in [-0.39, 0.29) is 18.2 Å². The molecule has 0 aliphatic rings. The van der Waals surface area contributed by atoms with Crippen molar-refractivity contribution < 1.29 is 17.7 Å². The summed E-state index contributed by atoms with van der Waals surface area (Å²) >= 11 is 0. The minimum absolute atomic E-state index is 0.0122. The van der Waals surface area contributed by atoms with Crippen molar-refractivity contribution in [2.45, 2.75) is 12.3 Å². The highest BCUT2D eigenvalue weighted by molar-refractivity contribution is 7.88. The van der Waals surface area contributed by atoms with Gasteiger partial charge in [0.05, 0.1) is 19.4 Å². The van der Waals surface area contributed by atoms with E-state index in [0.29, 0.717) is 5.82 Å². The maximum atomic E-state index is 12.5. The molecule has 8 heteroatoms. The van der Waals surface area contributed by atoms with Crippen molar-refractivity contribution in [3.63, 3.8) is 0 Å². The number of hydrogen-bond acceptors (Lipinski definition) is 6. The number of ether oxygens (including phenoxy) is 1. The molecule has 0 radical (unpaired) electrons. The van der Waals surface area contributed by atoms with Crippen LogP contribution in [0.15, 0.2) is 59.1 Å². The summed E-state index contributed by atoms with van der Waals surface area (Å²) in [5.41, 5.74) is 1.49. The van der Waals surface area contributed by atoms with Crippen LogP contribution in [0.1, 0.15) is 11.5 Å². The normalized spacial score (nSPS) is 11.7. The zero-order valence-corrected chi connectivity index (χ0v) is 15.3. The molecular formula is C18H19N3O4S. The summed E-state index contributed by atoms with van der Waals surface area (Å²) in [6.45, 7) is 0.0122. The van der Waals surface area contributed by atoms with Crippen LogP contribution in [0, 0.1) is 0 Å². The van der Waals surface area contributed by atoms with Crippen LogP contribution in [-0.4, -0.2) is 37.0 Å². The molecule has 0 atom stereocenters. The quantitative estimate of drug-likeness (QED) is 0.633. The van der Waals surface area contributed by atoms with E-state index in [1.807, 2.05) is 30.3 Å². The van der Waals surface area contributed by atoms with Gasteiger partial charge in [0, 0.05) is 12.6 Å². The fourth-order valence-corrected chi connectivity index (χ4v) is 3.50. The maximum absolute atomic E-state index is 12.5. The zero-order chi connectivity index (χ0) is 18.6. The third-order valence-electron chi connectivity index (χ3n) is 3.84. The standard InChI is InChI=1S/C18H19N3O4S/c1-21(26(22,23)13-14-6-4-3-5-7-14)12-17-19-18(20-25-17)15-8-10-16(24-2)11-9-15/h3-11H,12-13H2,1-2H3. The highest BCUT2D eigenvalue weighted by atomic mass is 32.2. The number of nitrogens with zero attached hydrogens (tertiary/aromatic N) is 3. The molecule has 3 rings (SSSR count). The molecule has 0 unspecified atom stereocenters. The number of aromatic nitrogens is 2. The highest BCUT2D eigenvalue weighted by Gasteiger charge is 2.21. The largest absolute Gasteiger partial charge is 0.497 e. The van der Waals surface area contributed by atoms with Crippen LogP contribution in [0.4, 0.5) is 0 Å². The molecule has 0 amide bonds. The lowest BCUT2D eigenvalue weighted by Gasteiger charge is -2.14. The van der Waals surface area contributed by atoms with Gasteiger partial charge in [0.15, 0.2) is 0 Å². The first kappa shape index (κ1) is 18.1. The van der Waals surface area contributed by atoms with E-state index in [0.717, 1.165) is 16.9 Å². The van der Waals surface area contributed by atoms with Gasteiger partial charge >= 0.3 is 0 Å². The van der Waals surface area contributed by atoms with E-state index in [1.165, 1.54) is 11.4 Å². The van der Waals surface area contributed by atoms with Gasteiger partial charge in [0.1, 0.15) is 5.75 Å². The Morgan fingerprint density at radius 1 is 1.08 bits per heavy atom. The fraction of sp³-hybridized carbons (Fsp3) is 0.222. The molecule has 1 heterocycles. The van der Waals surface area contributed by atoms with Crippen molar-refractivity contribution in [3.8, 4) is 17.1 Å². The molecule has 0 aliphatic carbocycles. The average molecular weight is 373 g/mol. The first-order valence-corrected chi connectivity index (χ1v) is 9.54. The van der Waals surface area contributed by atoms with Gasteiger partial charge in [-0.05, 0) is 29.8 Å². The van der Waals surface area contributed by atoms with Crippen LogP contribution in [0.25, 0.3) is 11.4 Å². The molecule has 0 aliphatic heterocycles. The van der Waals surface area contributed by atoms with Crippen molar-refractivity contribution in [3.05, 3.63) is 66.1 Å². The van der Waals surface area contributed by atoms with Crippen molar-refractivity contribution in [2.24, 2.45) is 0 Å². The summed E-state index contributed by atoms with van der Waals surface area (Å²) in [5.74, 6) is 1.28. The second-order valence-corrected chi connectivity index (χ2v) is 7.81. The summed E-state index contributed by atoms with van der Waals surface area (Å²) in [5, 5.41) is 3.91. The summed E-state index contributed by atoms with van der Waals surface area (Å²) in [7, 11) is -0.401.